The predicted molar refractivity (Wildman–Crippen MR) is 522 cm³/mol. The molecule has 0 saturated carbocycles. The summed E-state index contributed by atoms with van der Waals surface area (Å²) in [5, 5.41) is 50.8. The Hall–Kier alpha value is -7.32. The summed E-state index contributed by atoms with van der Waals surface area (Å²) in [6.07, 6.45) is 5.13. The van der Waals surface area contributed by atoms with Gasteiger partial charge in [0.1, 0.15) is 11.0 Å². The van der Waals surface area contributed by atoms with Gasteiger partial charge in [0.05, 0.1) is 183 Å². The first-order chi connectivity index (χ1) is 63.9. The summed E-state index contributed by atoms with van der Waals surface area (Å²) in [4.78, 5) is 74.3. The first-order valence-electron chi connectivity index (χ1n) is 42.0. The second kappa shape index (κ2) is 59.2. The molecular formula is C94H104BrCl12N9O18. The SMILES string of the molecule is BrCCC1OCCO1.C.CCOC(=O)C(C#N)(CCC1OCCO1)c1ccc(Cl)c(Cl)c1.CCOC(=O)C(C#N)c1ccc(Cl)c(Cl)c1.CCOC(=O)C(C#N)c1ccc(Cl)c(Cl)c1.COC(=O)C(CN)(CCC1OCCO1)c1ccc(Cl)c(Cl)c1.N#CCc1ccc(Cl)c(Cl)c1.O=C1NCC1(CCC1OCCO1)c1ccc(Cl)c(Cl)c1.O=C1NCN(c2ccccc2)C12CCNCC2. The van der Waals surface area contributed by atoms with Crippen molar-refractivity contribution in [1.82, 2.24) is 16.0 Å². The molecule has 7 aliphatic heterocycles. The summed E-state index contributed by atoms with van der Waals surface area (Å²) in [6.45, 7) is 13.8. The van der Waals surface area contributed by atoms with Crippen LogP contribution in [0.2, 0.25) is 60.3 Å². The summed E-state index contributed by atoms with van der Waals surface area (Å²) in [7, 11) is 1.34. The second-order valence-electron chi connectivity index (χ2n) is 29.7. The van der Waals surface area contributed by atoms with Gasteiger partial charge < -0.3 is 83.4 Å². The monoisotopic (exact) mass is 2150 g/mol. The fraction of sp³-hybridized carbons (Fsp3) is 0.447. The number of rotatable bonds is 26. The van der Waals surface area contributed by atoms with Gasteiger partial charge in [0.25, 0.3) is 0 Å². The van der Waals surface area contributed by atoms with Crippen molar-refractivity contribution in [3.05, 3.63) is 233 Å². The molecule has 7 aromatic carbocycles. The van der Waals surface area contributed by atoms with Crippen molar-refractivity contribution < 1.29 is 85.6 Å². The van der Waals surface area contributed by atoms with E-state index >= 15 is 0 Å². The Balaban J connectivity index is 0.000000238. The molecule has 7 aromatic rings. The maximum absolute atomic E-state index is 12.5. The molecule has 2 amide bonds. The van der Waals surface area contributed by atoms with Crippen LogP contribution >= 0.6 is 155 Å². The lowest BCUT2D eigenvalue weighted by atomic mass is 9.71. The molecule has 7 fully saturated rings. The summed E-state index contributed by atoms with van der Waals surface area (Å²) < 4.78 is 62.4. The first kappa shape index (κ1) is 115. The lowest BCUT2D eigenvalue weighted by Gasteiger charge is -2.41. The molecule has 7 saturated heterocycles. The van der Waals surface area contributed by atoms with Crippen molar-refractivity contribution in [2.75, 3.05) is 123 Å². The number of carbonyl (C=O) groups excluding carboxylic acids is 6. The molecule has 0 radical (unpaired) electrons. The number of halogens is 13. The van der Waals surface area contributed by atoms with E-state index in [-0.39, 0.29) is 81.5 Å². The van der Waals surface area contributed by atoms with E-state index in [2.05, 4.69) is 55.0 Å². The third kappa shape index (κ3) is 32.9. The molecule has 40 heteroatoms. The van der Waals surface area contributed by atoms with Crippen LogP contribution < -0.4 is 26.6 Å². The highest BCUT2D eigenvalue weighted by molar-refractivity contribution is 9.09. The standard InChI is InChI=1S/C16H17Cl2NO4.C15H19Cl2NO4.C14H15Cl2NO3.C13H17N3O.2C11H9Cl2NO2.C8H5Cl2N.C5H9BrO2.CH4/c1-2-21-15(20)16(10-19,6-5-14-22-7-8-23-14)11-3-4-12(17)13(18)9-11;1-20-14(19)15(9-18,5-4-13-21-6-7-22-13)10-2-3-11(16)12(17)8-10;15-10-2-1-9(7-11(10)16)14(8-17-13(14)18)4-3-12-19-5-6-20-12;17-12-13(6-8-14-9-7-13)16(10-15-12)11-4-2-1-3-5-11;2*1-2-16-11(15)8(6-14)7-3-4-9(12)10(13)5-7;9-7-2-1-6(3-4-11)5-8(7)10;6-2-1-5-7-3-4-8-5;/h3-4,9,14H,2,5-8H2,1H3;2-3,8,13H,4-7,9,18H2,1H3;1-2,7,12H,3-6,8H2,(H,17,18);1-5,14H,6-10H2,(H,15,17);2*3-5,8H,2H2,1H3;1-2,5H,3H2;5H,1-4H2;1H4. The van der Waals surface area contributed by atoms with Crippen LogP contribution in [0.1, 0.15) is 131 Å². The summed E-state index contributed by atoms with van der Waals surface area (Å²) in [5.74, 6) is -3.90. The van der Waals surface area contributed by atoms with Gasteiger partial charge in [-0.25, -0.2) is 4.79 Å². The average molecular weight is 2150 g/mol. The van der Waals surface area contributed by atoms with Crippen molar-refractivity contribution in [2.45, 2.75) is 151 Å². The molecule has 1 spiro atoms. The number of alkyl halides is 1. The molecule has 724 valence electrons. The number of hydrogen-bond acceptors (Lipinski definition) is 25. The van der Waals surface area contributed by atoms with Crippen molar-refractivity contribution in [1.29, 1.82) is 21.0 Å². The Morgan fingerprint density at radius 2 is 0.933 bits per heavy atom. The van der Waals surface area contributed by atoms with E-state index in [0.717, 1.165) is 67.7 Å². The molecule has 7 heterocycles. The van der Waals surface area contributed by atoms with Crippen LogP contribution in [0.3, 0.4) is 0 Å². The molecule has 27 nitrogen and oxygen atoms in total. The van der Waals surface area contributed by atoms with E-state index in [4.69, 9.17) is 218 Å². The van der Waals surface area contributed by atoms with Crippen molar-refractivity contribution >= 4 is 197 Å². The first-order valence-corrected chi connectivity index (χ1v) is 47.7. The zero-order chi connectivity index (χ0) is 97.3. The number of β-lactam (4-membered cyclic amide) rings is 1. The molecule has 134 heavy (non-hydrogen) atoms. The maximum Gasteiger partial charge on any atom is 0.331 e. The van der Waals surface area contributed by atoms with Crippen LogP contribution in [-0.4, -0.2) is 184 Å². The number of para-hydroxylation sites is 1. The van der Waals surface area contributed by atoms with E-state index in [0.29, 0.717) is 169 Å². The van der Waals surface area contributed by atoms with Gasteiger partial charge in [0, 0.05) is 36.9 Å². The topological polar surface area (TPSA) is 374 Å². The van der Waals surface area contributed by atoms with E-state index < -0.39 is 58.2 Å². The maximum atomic E-state index is 12.5. The van der Waals surface area contributed by atoms with E-state index in [1.807, 2.05) is 42.5 Å². The zero-order valence-corrected chi connectivity index (χ0v) is 83.6. The highest BCUT2D eigenvalue weighted by Crippen LogP contribution is 2.42. The van der Waals surface area contributed by atoms with Crippen LogP contribution in [0.5, 0.6) is 0 Å². The van der Waals surface area contributed by atoms with Crippen LogP contribution in [0.4, 0.5) is 5.69 Å². The number of piperidine rings is 1. The van der Waals surface area contributed by atoms with E-state index in [9.17, 15) is 34.0 Å². The van der Waals surface area contributed by atoms with Gasteiger partial charge in [-0.1, -0.05) is 217 Å². The summed E-state index contributed by atoms with van der Waals surface area (Å²) in [6, 6.07) is 47.6. The number of benzene rings is 7. The number of nitrogens with zero attached hydrogens (tertiary/aromatic N) is 5. The second-order valence-corrected chi connectivity index (χ2v) is 35.4. The van der Waals surface area contributed by atoms with Crippen LogP contribution in [0, 0.1) is 45.3 Å². The number of hydrogen-bond donors (Lipinski definition) is 4. The Labute approximate surface area is 849 Å². The number of methoxy groups -OCH3 is 1. The average Bonchev–Trinajstić information content (AvgIpc) is 1.47. The summed E-state index contributed by atoms with van der Waals surface area (Å²) in [5.41, 5.74) is 7.60. The lowest BCUT2D eigenvalue weighted by Crippen LogP contribution is -2.62. The third-order valence-electron chi connectivity index (χ3n) is 21.5. The number of amides is 2. The van der Waals surface area contributed by atoms with Gasteiger partial charge in [-0.3, -0.25) is 24.0 Å². The van der Waals surface area contributed by atoms with Crippen molar-refractivity contribution in [3.8, 4) is 24.3 Å². The number of nitrogens with one attached hydrogen (secondary N) is 3. The lowest BCUT2D eigenvalue weighted by molar-refractivity contribution is -0.149. The molecule has 0 aliphatic carbocycles. The smallest absolute Gasteiger partial charge is 0.331 e. The fourth-order valence-corrected chi connectivity index (χ4v) is 16.6. The van der Waals surface area contributed by atoms with Crippen LogP contribution in [-0.2, 0) is 108 Å². The molecule has 5 N–H and O–H groups in total. The van der Waals surface area contributed by atoms with Gasteiger partial charge in [0.2, 0.25) is 11.8 Å². The number of ether oxygens (including phenoxy) is 12. The number of esters is 4. The predicted octanol–water partition coefficient (Wildman–Crippen LogP) is 20.4. The molecule has 0 aromatic heterocycles. The fourth-order valence-electron chi connectivity index (χ4n) is 14.4. The molecule has 5 unspecified atom stereocenters. The van der Waals surface area contributed by atoms with Crippen molar-refractivity contribution in [3.63, 3.8) is 0 Å². The molecule has 7 aliphatic rings. The number of anilines is 1. The van der Waals surface area contributed by atoms with Gasteiger partial charge in [-0.15, -0.1) is 0 Å². The Kier molecular flexibility index (Phi) is 51.0. The third-order valence-corrected chi connectivity index (χ3v) is 26.4. The molecular weight excluding hydrogens is 2050 g/mol. The van der Waals surface area contributed by atoms with Crippen LogP contribution in [0.15, 0.2) is 140 Å². The van der Waals surface area contributed by atoms with Gasteiger partial charge >= 0.3 is 23.9 Å². The molecule has 5 atom stereocenters. The summed E-state index contributed by atoms with van der Waals surface area (Å²) >= 11 is 73.7. The van der Waals surface area contributed by atoms with Crippen LogP contribution in [0.25, 0.3) is 0 Å². The Bertz CT molecular complexity index is 5080. The van der Waals surface area contributed by atoms with Crippen molar-refractivity contribution in [2.24, 2.45) is 5.73 Å². The zero-order valence-electron chi connectivity index (χ0n) is 72.9. The minimum Gasteiger partial charge on any atom is -0.468 e. The highest BCUT2D eigenvalue weighted by atomic mass is 79.9. The normalized spacial score (nSPS) is 17.7. The Morgan fingerprint density at radius 3 is 1.34 bits per heavy atom. The van der Waals surface area contributed by atoms with E-state index in [1.54, 1.807) is 106 Å². The largest absolute Gasteiger partial charge is 0.468 e. The quantitative estimate of drug-likeness (QED) is 0.0169. The van der Waals surface area contributed by atoms with E-state index in [1.165, 1.54) is 25.3 Å². The Morgan fingerprint density at radius 1 is 0.507 bits per heavy atom. The minimum absolute atomic E-state index is 0. The van der Waals surface area contributed by atoms with Gasteiger partial charge in [-0.2, -0.15) is 21.0 Å². The number of nitrogens with two attached hydrogens (primary N) is 1. The molecule has 0 bridgehead atoms. The van der Waals surface area contributed by atoms with Gasteiger partial charge in [0.15, 0.2) is 42.4 Å². The minimum atomic E-state index is -1.47. The number of nitriles is 4. The van der Waals surface area contributed by atoms with Gasteiger partial charge in [-0.05, 0) is 197 Å². The highest BCUT2D eigenvalue weighted by Gasteiger charge is 2.51. The molecule has 14 rings (SSSR count). The number of carbonyl (C=O) groups is 6.